The summed E-state index contributed by atoms with van der Waals surface area (Å²) in [6, 6.07) is 0.367. The number of hydrogen-bond donors (Lipinski definition) is 1. The number of nitrogens with one attached hydrogen (secondary N) is 1. The zero-order chi connectivity index (χ0) is 12.3. The fourth-order valence-electron chi connectivity index (χ4n) is 2.37. The molecule has 0 saturated carbocycles. The standard InChI is InChI=1S/C13H26N2O/c1-6-8-11-14-12(9(3)4)13(16)15(11)10(5)7-2/h9-12,14H,6-8H2,1-5H3. The molecule has 1 N–H and O–H groups in total. The first-order valence-corrected chi connectivity index (χ1v) is 6.61. The van der Waals surface area contributed by atoms with Gasteiger partial charge in [0.25, 0.3) is 0 Å². The summed E-state index contributed by atoms with van der Waals surface area (Å²) >= 11 is 0. The van der Waals surface area contributed by atoms with Crippen LogP contribution in [0.2, 0.25) is 0 Å². The monoisotopic (exact) mass is 226 g/mol. The lowest BCUT2D eigenvalue weighted by atomic mass is 10.0. The van der Waals surface area contributed by atoms with Crippen LogP contribution in [0.25, 0.3) is 0 Å². The predicted octanol–water partition coefficient (Wildman–Crippen LogP) is 2.37. The summed E-state index contributed by atoms with van der Waals surface area (Å²) in [7, 11) is 0. The van der Waals surface area contributed by atoms with Gasteiger partial charge in [-0.2, -0.15) is 0 Å². The molecule has 0 radical (unpaired) electrons. The third-order valence-corrected chi connectivity index (χ3v) is 3.52. The van der Waals surface area contributed by atoms with Gasteiger partial charge in [0.1, 0.15) is 0 Å². The SMILES string of the molecule is CCCC1NC(C(C)C)C(=O)N1C(C)CC. The first-order valence-electron chi connectivity index (χ1n) is 6.61. The maximum Gasteiger partial charge on any atom is 0.241 e. The van der Waals surface area contributed by atoms with Gasteiger partial charge in [-0.05, 0) is 25.7 Å². The second-order valence-corrected chi connectivity index (χ2v) is 5.20. The Kier molecular flexibility index (Phi) is 4.78. The largest absolute Gasteiger partial charge is 0.323 e. The van der Waals surface area contributed by atoms with E-state index in [1.807, 2.05) is 0 Å². The zero-order valence-corrected chi connectivity index (χ0v) is 11.3. The van der Waals surface area contributed by atoms with Crippen molar-refractivity contribution in [1.82, 2.24) is 10.2 Å². The van der Waals surface area contributed by atoms with Crippen LogP contribution < -0.4 is 5.32 Å². The Balaban J connectivity index is 2.80. The van der Waals surface area contributed by atoms with Crippen LogP contribution in [-0.4, -0.2) is 29.1 Å². The normalized spacial score (nSPS) is 27.9. The summed E-state index contributed by atoms with van der Waals surface area (Å²) in [5.41, 5.74) is 0. The van der Waals surface area contributed by atoms with Crippen LogP contribution in [-0.2, 0) is 4.79 Å². The molecule has 3 heteroatoms. The molecule has 1 fully saturated rings. The fourth-order valence-corrected chi connectivity index (χ4v) is 2.37. The Morgan fingerprint density at radius 2 is 1.94 bits per heavy atom. The van der Waals surface area contributed by atoms with E-state index in [-0.39, 0.29) is 12.2 Å². The second-order valence-electron chi connectivity index (χ2n) is 5.20. The van der Waals surface area contributed by atoms with E-state index in [9.17, 15) is 4.79 Å². The highest BCUT2D eigenvalue weighted by Crippen LogP contribution is 2.23. The molecule has 1 aliphatic heterocycles. The maximum absolute atomic E-state index is 12.3. The van der Waals surface area contributed by atoms with E-state index in [1.54, 1.807) is 0 Å². The summed E-state index contributed by atoms with van der Waals surface area (Å²) in [6.45, 7) is 10.7. The summed E-state index contributed by atoms with van der Waals surface area (Å²) in [5, 5.41) is 3.48. The van der Waals surface area contributed by atoms with E-state index in [1.165, 1.54) is 0 Å². The Morgan fingerprint density at radius 1 is 1.31 bits per heavy atom. The highest BCUT2D eigenvalue weighted by molar-refractivity contribution is 5.84. The van der Waals surface area contributed by atoms with Crippen LogP contribution in [0.4, 0.5) is 0 Å². The van der Waals surface area contributed by atoms with E-state index in [0.29, 0.717) is 17.9 Å². The van der Waals surface area contributed by atoms with Crippen molar-refractivity contribution < 1.29 is 4.79 Å². The molecule has 0 bridgehead atoms. The first kappa shape index (κ1) is 13.5. The van der Waals surface area contributed by atoms with Crippen molar-refractivity contribution in [2.75, 3.05) is 0 Å². The van der Waals surface area contributed by atoms with Crippen LogP contribution in [0.3, 0.4) is 0 Å². The molecule has 0 aromatic heterocycles. The van der Waals surface area contributed by atoms with Gasteiger partial charge in [-0.3, -0.25) is 10.1 Å². The van der Waals surface area contributed by atoms with E-state index < -0.39 is 0 Å². The summed E-state index contributed by atoms with van der Waals surface area (Å²) in [4.78, 5) is 14.4. The van der Waals surface area contributed by atoms with Gasteiger partial charge in [-0.25, -0.2) is 0 Å². The average Bonchev–Trinajstić information content (AvgIpc) is 2.55. The number of amides is 1. The smallest absolute Gasteiger partial charge is 0.241 e. The topological polar surface area (TPSA) is 32.3 Å². The fraction of sp³-hybridized carbons (Fsp3) is 0.923. The van der Waals surface area contributed by atoms with Crippen molar-refractivity contribution in [3.63, 3.8) is 0 Å². The molecular weight excluding hydrogens is 200 g/mol. The summed E-state index contributed by atoms with van der Waals surface area (Å²) in [6.07, 6.45) is 3.44. The molecule has 1 rings (SSSR count). The minimum Gasteiger partial charge on any atom is -0.323 e. The number of carbonyl (C=O) groups is 1. The van der Waals surface area contributed by atoms with Crippen molar-refractivity contribution in [2.45, 2.75) is 72.1 Å². The summed E-state index contributed by atoms with van der Waals surface area (Å²) < 4.78 is 0. The van der Waals surface area contributed by atoms with Gasteiger partial charge in [0, 0.05) is 6.04 Å². The van der Waals surface area contributed by atoms with Gasteiger partial charge in [0.2, 0.25) is 5.91 Å². The minimum atomic E-state index is 0.0190. The Hall–Kier alpha value is -0.570. The van der Waals surface area contributed by atoms with E-state index in [0.717, 1.165) is 19.3 Å². The lowest BCUT2D eigenvalue weighted by Crippen LogP contribution is -2.42. The van der Waals surface area contributed by atoms with Crippen LogP contribution in [0.15, 0.2) is 0 Å². The molecule has 0 aliphatic carbocycles. The third kappa shape index (κ3) is 2.57. The average molecular weight is 226 g/mol. The van der Waals surface area contributed by atoms with E-state index in [2.05, 4.69) is 44.8 Å². The number of hydrogen-bond acceptors (Lipinski definition) is 2. The lowest BCUT2D eigenvalue weighted by molar-refractivity contribution is -0.132. The molecule has 0 aromatic rings. The Morgan fingerprint density at radius 3 is 2.38 bits per heavy atom. The van der Waals surface area contributed by atoms with Gasteiger partial charge < -0.3 is 4.90 Å². The molecule has 1 amide bonds. The molecule has 1 saturated heterocycles. The minimum absolute atomic E-state index is 0.0190. The summed E-state index contributed by atoms with van der Waals surface area (Å²) in [5.74, 6) is 0.670. The Bertz CT molecular complexity index is 240. The van der Waals surface area contributed by atoms with Crippen LogP contribution >= 0.6 is 0 Å². The van der Waals surface area contributed by atoms with Gasteiger partial charge in [0.05, 0.1) is 12.2 Å². The molecule has 1 heterocycles. The highest BCUT2D eigenvalue weighted by atomic mass is 16.2. The third-order valence-electron chi connectivity index (χ3n) is 3.52. The van der Waals surface area contributed by atoms with Gasteiger partial charge >= 0.3 is 0 Å². The molecular formula is C13H26N2O. The number of carbonyl (C=O) groups excluding carboxylic acids is 1. The van der Waals surface area contributed by atoms with Gasteiger partial charge in [-0.1, -0.05) is 34.1 Å². The molecule has 0 aromatic carbocycles. The molecule has 94 valence electrons. The van der Waals surface area contributed by atoms with Gasteiger partial charge in [0.15, 0.2) is 0 Å². The predicted molar refractivity (Wildman–Crippen MR) is 67.1 cm³/mol. The van der Waals surface area contributed by atoms with Crippen LogP contribution in [0.5, 0.6) is 0 Å². The molecule has 0 spiro atoms. The van der Waals surface area contributed by atoms with E-state index in [4.69, 9.17) is 0 Å². The van der Waals surface area contributed by atoms with Crippen LogP contribution in [0, 0.1) is 5.92 Å². The van der Waals surface area contributed by atoms with Gasteiger partial charge in [-0.15, -0.1) is 0 Å². The quantitative estimate of drug-likeness (QED) is 0.780. The molecule has 1 aliphatic rings. The van der Waals surface area contributed by atoms with E-state index >= 15 is 0 Å². The van der Waals surface area contributed by atoms with Crippen molar-refractivity contribution >= 4 is 5.91 Å². The molecule has 3 nitrogen and oxygen atoms in total. The number of nitrogens with zero attached hydrogens (tertiary/aromatic N) is 1. The van der Waals surface area contributed by atoms with Crippen molar-refractivity contribution in [1.29, 1.82) is 0 Å². The maximum atomic E-state index is 12.3. The lowest BCUT2D eigenvalue weighted by Gasteiger charge is -2.29. The molecule has 16 heavy (non-hydrogen) atoms. The van der Waals surface area contributed by atoms with Crippen molar-refractivity contribution in [2.24, 2.45) is 5.92 Å². The Labute approximate surface area is 99.6 Å². The highest BCUT2D eigenvalue weighted by Gasteiger charge is 2.41. The molecule has 3 unspecified atom stereocenters. The zero-order valence-electron chi connectivity index (χ0n) is 11.3. The first-order chi connectivity index (χ1) is 7.52. The van der Waals surface area contributed by atoms with Crippen molar-refractivity contribution in [3.05, 3.63) is 0 Å². The van der Waals surface area contributed by atoms with Crippen LogP contribution in [0.1, 0.15) is 53.9 Å². The second kappa shape index (κ2) is 5.67. The number of rotatable bonds is 5. The molecule has 3 atom stereocenters. The van der Waals surface area contributed by atoms with Crippen molar-refractivity contribution in [3.8, 4) is 0 Å².